The van der Waals surface area contributed by atoms with Crippen LogP contribution < -0.4 is 0 Å². The van der Waals surface area contributed by atoms with Gasteiger partial charge in [0, 0.05) is 19.6 Å². The summed E-state index contributed by atoms with van der Waals surface area (Å²) in [5, 5.41) is 0. The number of halogens is 1. The molecular formula is C11H19BrN2O. The fourth-order valence-corrected chi connectivity index (χ4v) is 2.86. The summed E-state index contributed by atoms with van der Waals surface area (Å²) in [5.74, 6) is 0.284. The van der Waals surface area contributed by atoms with E-state index in [9.17, 15) is 4.79 Å². The summed E-state index contributed by atoms with van der Waals surface area (Å²) in [7, 11) is 0. The summed E-state index contributed by atoms with van der Waals surface area (Å²) in [4.78, 5) is 16.2. The molecule has 1 unspecified atom stereocenters. The minimum atomic E-state index is 0.0823. The maximum atomic E-state index is 11.6. The van der Waals surface area contributed by atoms with Crippen LogP contribution in [0.5, 0.6) is 0 Å². The van der Waals surface area contributed by atoms with E-state index in [1.165, 1.54) is 32.4 Å². The Bertz CT molecular complexity index is 229. The fraction of sp³-hybridized carbons (Fsp3) is 0.909. The lowest BCUT2D eigenvalue weighted by Gasteiger charge is -2.28. The maximum Gasteiger partial charge on any atom is 0.236 e. The highest BCUT2D eigenvalue weighted by Crippen LogP contribution is 2.18. The molecule has 2 aliphatic heterocycles. The van der Waals surface area contributed by atoms with E-state index in [2.05, 4.69) is 20.8 Å². The van der Waals surface area contributed by atoms with Crippen molar-refractivity contribution in [2.24, 2.45) is 0 Å². The van der Waals surface area contributed by atoms with Gasteiger partial charge in [0.05, 0.1) is 4.83 Å². The molecule has 2 heterocycles. The first-order chi connectivity index (χ1) is 7.27. The summed E-state index contributed by atoms with van der Waals surface area (Å²) >= 11 is 3.41. The van der Waals surface area contributed by atoms with E-state index in [0.29, 0.717) is 0 Å². The Morgan fingerprint density at radius 1 is 1.13 bits per heavy atom. The molecule has 0 saturated carbocycles. The predicted molar refractivity (Wildman–Crippen MR) is 64.2 cm³/mol. The van der Waals surface area contributed by atoms with Crippen molar-refractivity contribution in [2.75, 3.05) is 32.7 Å². The van der Waals surface area contributed by atoms with Crippen molar-refractivity contribution in [2.45, 2.75) is 30.5 Å². The summed E-state index contributed by atoms with van der Waals surface area (Å²) in [6.45, 7) is 5.36. The molecule has 0 aromatic rings. The van der Waals surface area contributed by atoms with E-state index in [1.807, 2.05) is 4.90 Å². The average Bonchev–Trinajstić information content (AvgIpc) is 2.59. The lowest BCUT2D eigenvalue weighted by atomic mass is 10.1. The predicted octanol–water partition coefficient (Wildman–Crippen LogP) is 1.47. The van der Waals surface area contributed by atoms with Crippen molar-refractivity contribution in [1.82, 2.24) is 9.80 Å². The quantitative estimate of drug-likeness (QED) is 0.728. The van der Waals surface area contributed by atoms with Gasteiger partial charge in [-0.25, -0.2) is 0 Å². The number of carbonyl (C=O) groups excluding carboxylic acids is 1. The Balaban J connectivity index is 1.71. The first-order valence-corrected chi connectivity index (χ1v) is 6.84. The second kappa shape index (κ2) is 5.30. The van der Waals surface area contributed by atoms with Crippen LogP contribution in [-0.4, -0.2) is 53.3 Å². The molecule has 2 fully saturated rings. The molecule has 2 rings (SSSR count). The molecule has 1 amide bonds. The van der Waals surface area contributed by atoms with Crippen molar-refractivity contribution >= 4 is 21.8 Å². The van der Waals surface area contributed by atoms with Gasteiger partial charge in [-0.05, 0) is 32.4 Å². The first-order valence-electron chi connectivity index (χ1n) is 5.92. The van der Waals surface area contributed by atoms with Crippen molar-refractivity contribution < 1.29 is 4.79 Å². The van der Waals surface area contributed by atoms with Crippen LogP contribution >= 0.6 is 15.9 Å². The molecular weight excluding hydrogens is 256 g/mol. The molecule has 3 nitrogen and oxygen atoms in total. The normalized spacial score (nSPS) is 28.7. The Hall–Kier alpha value is -0.0900. The molecule has 0 radical (unpaired) electrons. The Morgan fingerprint density at radius 2 is 1.87 bits per heavy atom. The molecule has 86 valence electrons. The SMILES string of the molecule is O=C1C(Br)CCN1CCN1CCCCC1. The molecule has 0 N–H and O–H groups in total. The topological polar surface area (TPSA) is 23.6 Å². The molecule has 1 atom stereocenters. The standard InChI is InChI=1S/C11H19BrN2O/c12-10-4-7-14(11(10)15)9-8-13-5-2-1-3-6-13/h10H,1-9H2. The van der Waals surface area contributed by atoms with Crippen LogP contribution in [-0.2, 0) is 4.79 Å². The van der Waals surface area contributed by atoms with Crippen LogP contribution in [0, 0.1) is 0 Å². The number of nitrogens with zero attached hydrogens (tertiary/aromatic N) is 2. The van der Waals surface area contributed by atoms with E-state index in [0.717, 1.165) is 26.1 Å². The number of carbonyl (C=O) groups is 1. The molecule has 2 saturated heterocycles. The second-order valence-corrected chi connectivity index (χ2v) is 5.59. The molecule has 0 bridgehead atoms. The first kappa shape index (κ1) is 11.4. The van der Waals surface area contributed by atoms with Crippen LogP contribution in [0.25, 0.3) is 0 Å². The molecule has 2 aliphatic rings. The van der Waals surface area contributed by atoms with Gasteiger partial charge >= 0.3 is 0 Å². The smallest absolute Gasteiger partial charge is 0.236 e. The fourth-order valence-electron chi connectivity index (χ4n) is 2.37. The van der Waals surface area contributed by atoms with Gasteiger partial charge in [0.15, 0.2) is 0 Å². The van der Waals surface area contributed by atoms with E-state index < -0.39 is 0 Å². The summed E-state index contributed by atoms with van der Waals surface area (Å²) in [6.07, 6.45) is 5.01. The third-order valence-electron chi connectivity index (χ3n) is 3.37. The Labute approximate surface area is 99.9 Å². The highest BCUT2D eigenvalue weighted by atomic mass is 79.9. The number of hydrogen-bond donors (Lipinski definition) is 0. The number of alkyl halides is 1. The van der Waals surface area contributed by atoms with Crippen LogP contribution in [0.4, 0.5) is 0 Å². The van der Waals surface area contributed by atoms with Gasteiger partial charge in [-0.2, -0.15) is 0 Å². The highest BCUT2D eigenvalue weighted by Gasteiger charge is 2.29. The third kappa shape index (κ3) is 2.94. The molecule has 4 heteroatoms. The van der Waals surface area contributed by atoms with Gasteiger partial charge in [0.1, 0.15) is 0 Å². The summed E-state index contributed by atoms with van der Waals surface area (Å²) < 4.78 is 0. The highest BCUT2D eigenvalue weighted by molar-refractivity contribution is 9.10. The Morgan fingerprint density at radius 3 is 2.47 bits per heavy atom. The van der Waals surface area contributed by atoms with Crippen LogP contribution in [0.2, 0.25) is 0 Å². The van der Waals surface area contributed by atoms with Gasteiger partial charge in [0.2, 0.25) is 5.91 Å². The molecule has 15 heavy (non-hydrogen) atoms. The van der Waals surface area contributed by atoms with E-state index in [-0.39, 0.29) is 10.7 Å². The lowest BCUT2D eigenvalue weighted by Crippen LogP contribution is -2.39. The van der Waals surface area contributed by atoms with E-state index >= 15 is 0 Å². The van der Waals surface area contributed by atoms with E-state index in [1.54, 1.807) is 0 Å². The monoisotopic (exact) mass is 274 g/mol. The van der Waals surface area contributed by atoms with Crippen molar-refractivity contribution in [1.29, 1.82) is 0 Å². The Kier molecular flexibility index (Phi) is 4.03. The van der Waals surface area contributed by atoms with Crippen LogP contribution in [0.3, 0.4) is 0 Å². The average molecular weight is 275 g/mol. The summed E-state index contributed by atoms with van der Waals surface area (Å²) in [6, 6.07) is 0. The van der Waals surface area contributed by atoms with E-state index in [4.69, 9.17) is 0 Å². The lowest BCUT2D eigenvalue weighted by molar-refractivity contribution is -0.127. The maximum absolute atomic E-state index is 11.6. The number of likely N-dealkylation sites (tertiary alicyclic amines) is 2. The zero-order valence-electron chi connectivity index (χ0n) is 9.12. The van der Waals surface area contributed by atoms with Crippen molar-refractivity contribution in [3.8, 4) is 0 Å². The van der Waals surface area contributed by atoms with Crippen molar-refractivity contribution in [3.63, 3.8) is 0 Å². The zero-order chi connectivity index (χ0) is 10.7. The number of hydrogen-bond acceptors (Lipinski definition) is 2. The summed E-state index contributed by atoms with van der Waals surface area (Å²) in [5.41, 5.74) is 0. The van der Waals surface area contributed by atoms with Gasteiger partial charge < -0.3 is 9.80 Å². The van der Waals surface area contributed by atoms with Crippen LogP contribution in [0.15, 0.2) is 0 Å². The van der Waals surface area contributed by atoms with Gasteiger partial charge in [-0.15, -0.1) is 0 Å². The zero-order valence-corrected chi connectivity index (χ0v) is 10.7. The molecule has 0 aliphatic carbocycles. The molecule has 0 spiro atoms. The minimum Gasteiger partial charge on any atom is -0.340 e. The number of piperidine rings is 1. The number of rotatable bonds is 3. The number of amides is 1. The van der Waals surface area contributed by atoms with Crippen LogP contribution in [0.1, 0.15) is 25.7 Å². The largest absolute Gasteiger partial charge is 0.340 e. The van der Waals surface area contributed by atoms with Crippen molar-refractivity contribution in [3.05, 3.63) is 0 Å². The van der Waals surface area contributed by atoms with Gasteiger partial charge in [-0.1, -0.05) is 22.4 Å². The minimum absolute atomic E-state index is 0.0823. The second-order valence-electron chi connectivity index (χ2n) is 4.48. The third-order valence-corrected chi connectivity index (χ3v) is 4.22. The van der Waals surface area contributed by atoms with Gasteiger partial charge in [0.25, 0.3) is 0 Å². The molecule has 0 aromatic heterocycles. The molecule has 0 aromatic carbocycles. The van der Waals surface area contributed by atoms with Gasteiger partial charge in [-0.3, -0.25) is 4.79 Å².